The third kappa shape index (κ3) is 3.74. The summed E-state index contributed by atoms with van der Waals surface area (Å²) in [6, 6.07) is 33.1. The third-order valence-electron chi connectivity index (χ3n) is 6.97. The number of aromatic nitrogens is 4. The number of fused-ring (bicyclic) bond motifs is 1. The zero-order valence-electron chi connectivity index (χ0n) is 20.6. The number of nitrogens with one attached hydrogen (secondary N) is 2. The summed E-state index contributed by atoms with van der Waals surface area (Å²) in [6.45, 7) is 3.79. The van der Waals surface area contributed by atoms with Crippen molar-refractivity contribution < 1.29 is 0 Å². The first kappa shape index (κ1) is 22.6. The molecule has 0 aliphatic rings. The molecular weight excluding hydrogens is 460 g/mol. The predicted molar refractivity (Wildman–Crippen MR) is 147 cm³/mol. The van der Waals surface area contributed by atoms with Crippen molar-refractivity contribution in [2.24, 2.45) is 0 Å². The molecule has 0 saturated carbocycles. The Bertz CT molecular complexity index is 1740. The summed E-state index contributed by atoms with van der Waals surface area (Å²) < 4.78 is 3.11. The number of aromatic amines is 2. The summed E-state index contributed by atoms with van der Waals surface area (Å²) in [6.07, 6.45) is 0. The van der Waals surface area contributed by atoms with Crippen molar-refractivity contribution in [2.45, 2.75) is 19.8 Å². The average Bonchev–Trinajstić information content (AvgIpc) is 3.40. The maximum atomic E-state index is 14.0. The van der Waals surface area contributed by atoms with Gasteiger partial charge in [0.05, 0.1) is 22.5 Å². The highest BCUT2D eigenvalue weighted by atomic mass is 16.1. The second-order valence-corrected chi connectivity index (χ2v) is 9.25. The van der Waals surface area contributed by atoms with Gasteiger partial charge in [0, 0.05) is 17.3 Å². The molecule has 0 fully saturated rings. The van der Waals surface area contributed by atoms with Crippen LogP contribution in [0.15, 0.2) is 113 Å². The second-order valence-electron chi connectivity index (χ2n) is 9.25. The maximum absolute atomic E-state index is 14.0. The number of benzene rings is 4. The van der Waals surface area contributed by atoms with Crippen LogP contribution in [-0.4, -0.2) is 19.6 Å². The van der Waals surface area contributed by atoms with Gasteiger partial charge in [-0.15, -0.1) is 0 Å². The van der Waals surface area contributed by atoms with Gasteiger partial charge in [0.1, 0.15) is 0 Å². The molecule has 6 nitrogen and oxygen atoms in total. The van der Waals surface area contributed by atoms with Gasteiger partial charge in [-0.05, 0) is 54.4 Å². The minimum absolute atomic E-state index is 0.173. The molecule has 0 amide bonds. The van der Waals surface area contributed by atoms with E-state index >= 15 is 0 Å². The molecule has 6 heteroatoms. The van der Waals surface area contributed by atoms with E-state index in [4.69, 9.17) is 0 Å². The Labute approximate surface area is 213 Å². The molecular formula is C31H26N4O2. The standard InChI is InChI=1S/C31H26N4O2/c1-20-27(30(36)34(32-20)23-14-5-3-6-15-23)29(26-19-11-13-22-12-9-10-18-25(22)26)28-21(2)33-35(31(28)37)24-16-7-4-8-17-24/h3-19,29,32-33H,1-2H3. The van der Waals surface area contributed by atoms with Crippen LogP contribution in [0.1, 0.15) is 34.0 Å². The summed E-state index contributed by atoms with van der Waals surface area (Å²) in [7, 11) is 0. The molecule has 0 radical (unpaired) electrons. The lowest BCUT2D eigenvalue weighted by atomic mass is 9.83. The summed E-state index contributed by atoms with van der Waals surface area (Å²) in [5.41, 5.74) is 4.60. The fourth-order valence-corrected chi connectivity index (χ4v) is 5.27. The lowest BCUT2D eigenvalue weighted by Crippen LogP contribution is -2.25. The minimum Gasteiger partial charge on any atom is -0.295 e. The number of hydrogen-bond acceptors (Lipinski definition) is 2. The van der Waals surface area contributed by atoms with Crippen molar-refractivity contribution in [3.63, 3.8) is 0 Å². The highest BCUT2D eigenvalue weighted by Crippen LogP contribution is 2.36. The van der Waals surface area contributed by atoms with Crippen molar-refractivity contribution in [1.82, 2.24) is 19.6 Å². The number of hydrogen-bond donors (Lipinski definition) is 2. The van der Waals surface area contributed by atoms with E-state index in [0.29, 0.717) is 11.1 Å². The number of aryl methyl sites for hydroxylation is 2. The van der Waals surface area contributed by atoms with Crippen molar-refractivity contribution in [1.29, 1.82) is 0 Å². The lowest BCUT2D eigenvalue weighted by Gasteiger charge is -2.18. The van der Waals surface area contributed by atoms with Gasteiger partial charge in [0.25, 0.3) is 11.1 Å². The van der Waals surface area contributed by atoms with Gasteiger partial charge in [0.15, 0.2) is 0 Å². The smallest absolute Gasteiger partial charge is 0.275 e. The van der Waals surface area contributed by atoms with E-state index in [9.17, 15) is 9.59 Å². The van der Waals surface area contributed by atoms with Crippen LogP contribution in [0, 0.1) is 13.8 Å². The van der Waals surface area contributed by atoms with Crippen molar-refractivity contribution in [3.05, 3.63) is 152 Å². The van der Waals surface area contributed by atoms with E-state index < -0.39 is 5.92 Å². The van der Waals surface area contributed by atoms with Gasteiger partial charge in [-0.1, -0.05) is 78.9 Å². The van der Waals surface area contributed by atoms with Gasteiger partial charge < -0.3 is 0 Å². The lowest BCUT2D eigenvalue weighted by molar-refractivity contribution is 0.831. The Kier molecular flexibility index (Phi) is 5.49. The highest BCUT2D eigenvalue weighted by molar-refractivity contribution is 5.87. The van der Waals surface area contributed by atoms with Crippen molar-refractivity contribution in [2.75, 3.05) is 0 Å². The SMILES string of the molecule is Cc1[nH]n(-c2ccccc2)c(=O)c1C(c1c(C)[nH]n(-c2ccccc2)c1=O)c1cccc2ccccc12. The summed E-state index contributed by atoms with van der Waals surface area (Å²) in [5.74, 6) is -0.575. The fourth-order valence-electron chi connectivity index (χ4n) is 5.27. The molecule has 0 bridgehead atoms. The molecule has 0 unspecified atom stereocenters. The Hall–Kier alpha value is -4.84. The summed E-state index contributed by atoms with van der Waals surface area (Å²) in [4.78, 5) is 28.1. The number of H-pyrrole nitrogens is 2. The van der Waals surface area contributed by atoms with E-state index in [1.807, 2.05) is 117 Å². The monoisotopic (exact) mass is 486 g/mol. The molecule has 6 rings (SSSR count). The average molecular weight is 487 g/mol. The van der Waals surface area contributed by atoms with Crippen LogP contribution in [0.2, 0.25) is 0 Å². The third-order valence-corrected chi connectivity index (χ3v) is 6.97. The molecule has 2 heterocycles. The number of rotatable bonds is 5. The molecule has 182 valence electrons. The molecule has 0 saturated heterocycles. The Morgan fingerprint density at radius 3 is 1.57 bits per heavy atom. The van der Waals surface area contributed by atoms with E-state index in [1.54, 1.807) is 9.36 Å². The Balaban J connectivity index is 1.67. The predicted octanol–water partition coefficient (Wildman–Crippen LogP) is 5.59. The fraction of sp³-hybridized carbons (Fsp3) is 0.0968. The van der Waals surface area contributed by atoms with E-state index in [1.165, 1.54) is 0 Å². The molecule has 2 aromatic heterocycles. The first-order valence-electron chi connectivity index (χ1n) is 12.3. The molecule has 0 aliphatic heterocycles. The van der Waals surface area contributed by atoms with Crippen LogP contribution in [0.5, 0.6) is 0 Å². The molecule has 4 aromatic carbocycles. The Morgan fingerprint density at radius 2 is 1.03 bits per heavy atom. The van der Waals surface area contributed by atoms with Crippen molar-refractivity contribution >= 4 is 10.8 Å². The van der Waals surface area contributed by atoms with Gasteiger partial charge in [-0.2, -0.15) is 0 Å². The van der Waals surface area contributed by atoms with Gasteiger partial charge >= 0.3 is 0 Å². The zero-order valence-corrected chi connectivity index (χ0v) is 20.6. The molecule has 37 heavy (non-hydrogen) atoms. The van der Waals surface area contributed by atoms with Crippen LogP contribution >= 0.6 is 0 Å². The largest absolute Gasteiger partial charge is 0.295 e. The second kappa shape index (κ2) is 8.99. The minimum atomic E-state index is -0.575. The molecule has 0 spiro atoms. The summed E-state index contributed by atoms with van der Waals surface area (Å²) in [5, 5.41) is 8.58. The van der Waals surface area contributed by atoms with Crippen LogP contribution in [0.25, 0.3) is 22.1 Å². The quantitative estimate of drug-likeness (QED) is 0.333. The molecule has 0 atom stereocenters. The summed E-state index contributed by atoms with van der Waals surface area (Å²) >= 11 is 0. The highest BCUT2D eigenvalue weighted by Gasteiger charge is 2.31. The zero-order chi connectivity index (χ0) is 25.5. The number of nitrogens with zero attached hydrogens (tertiary/aromatic N) is 2. The first-order valence-corrected chi connectivity index (χ1v) is 12.3. The van der Waals surface area contributed by atoms with Crippen LogP contribution in [0.4, 0.5) is 0 Å². The van der Waals surface area contributed by atoms with Gasteiger partial charge in [0.2, 0.25) is 0 Å². The molecule has 2 N–H and O–H groups in total. The van der Waals surface area contributed by atoms with Gasteiger partial charge in [-0.25, -0.2) is 9.36 Å². The Morgan fingerprint density at radius 1 is 0.568 bits per heavy atom. The van der Waals surface area contributed by atoms with E-state index in [-0.39, 0.29) is 11.1 Å². The van der Waals surface area contributed by atoms with Gasteiger partial charge in [-0.3, -0.25) is 19.8 Å². The molecule has 0 aliphatic carbocycles. The van der Waals surface area contributed by atoms with Crippen LogP contribution in [0.3, 0.4) is 0 Å². The number of para-hydroxylation sites is 2. The topological polar surface area (TPSA) is 75.6 Å². The maximum Gasteiger partial charge on any atom is 0.275 e. The first-order chi connectivity index (χ1) is 18.0. The van der Waals surface area contributed by atoms with E-state index in [0.717, 1.165) is 39.1 Å². The van der Waals surface area contributed by atoms with Crippen LogP contribution in [-0.2, 0) is 0 Å². The van der Waals surface area contributed by atoms with Crippen molar-refractivity contribution in [3.8, 4) is 11.4 Å². The van der Waals surface area contributed by atoms with Crippen LogP contribution < -0.4 is 11.1 Å². The normalized spacial score (nSPS) is 11.4. The van der Waals surface area contributed by atoms with E-state index in [2.05, 4.69) is 10.2 Å². The molecule has 6 aromatic rings.